The second-order valence-corrected chi connectivity index (χ2v) is 5.92. The van der Waals surface area contributed by atoms with Gasteiger partial charge in [0.15, 0.2) is 0 Å². The van der Waals surface area contributed by atoms with Gasteiger partial charge in [0.1, 0.15) is 5.69 Å². The molecule has 9 heteroatoms. The molecule has 1 rings (SSSR count). The summed E-state index contributed by atoms with van der Waals surface area (Å²) < 4.78 is 1.18. The van der Waals surface area contributed by atoms with Crippen LogP contribution in [0.3, 0.4) is 0 Å². The van der Waals surface area contributed by atoms with Crippen LogP contribution in [0.4, 0.5) is 5.69 Å². The minimum absolute atomic E-state index is 0.0213. The third kappa shape index (κ3) is 3.60. The van der Waals surface area contributed by atoms with Crippen LogP contribution in [0.25, 0.3) is 0 Å². The van der Waals surface area contributed by atoms with Crippen molar-refractivity contribution >= 4 is 11.6 Å². The Kier molecular flexibility index (Phi) is 5.61. The van der Waals surface area contributed by atoms with E-state index in [0.717, 1.165) is 4.90 Å². The zero-order valence-electron chi connectivity index (χ0n) is 13.2. The van der Waals surface area contributed by atoms with E-state index in [2.05, 4.69) is 5.10 Å². The SMILES string of the molecule is Cn1nc(C(C)(C)C)c([N+](=O)[O-])c1C(=O)N(CCO)CCO. The van der Waals surface area contributed by atoms with Gasteiger partial charge in [-0.2, -0.15) is 5.10 Å². The van der Waals surface area contributed by atoms with E-state index < -0.39 is 16.2 Å². The molecular weight excluding hydrogens is 292 g/mol. The number of carbonyl (C=O) groups is 1. The molecule has 0 aromatic carbocycles. The molecule has 0 bridgehead atoms. The number of aryl methyl sites for hydroxylation is 1. The van der Waals surface area contributed by atoms with Gasteiger partial charge in [-0.15, -0.1) is 0 Å². The van der Waals surface area contributed by atoms with Crippen LogP contribution in [0.15, 0.2) is 0 Å². The lowest BCUT2D eigenvalue weighted by atomic mass is 9.91. The van der Waals surface area contributed by atoms with E-state index in [1.54, 1.807) is 20.8 Å². The van der Waals surface area contributed by atoms with E-state index in [1.165, 1.54) is 11.7 Å². The molecular formula is C13H22N4O5. The molecule has 0 atom stereocenters. The Morgan fingerprint density at radius 1 is 1.32 bits per heavy atom. The van der Waals surface area contributed by atoms with Gasteiger partial charge in [0, 0.05) is 25.6 Å². The van der Waals surface area contributed by atoms with Crippen LogP contribution in [0.5, 0.6) is 0 Å². The van der Waals surface area contributed by atoms with Crippen LogP contribution >= 0.6 is 0 Å². The Bertz CT molecular complexity index is 556. The predicted molar refractivity (Wildman–Crippen MR) is 78.6 cm³/mol. The fourth-order valence-electron chi connectivity index (χ4n) is 2.14. The summed E-state index contributed by atoms with van der Waals surface area (Å²) in [5, 5.41) is 33.6. The fourth-order valence-corrected chi connectivity index (χ4v) is 2.14. The van der Waals surface area contributed by atoms with E-state index in [0.29, 0.717) is 0 Å². The fraction of sp³-hybridized carbons (Fsp3) is 0.692. The molecule has 22 heavy (non-hydrogen) atoms. The molecule has 0 unspecified atom stereocenters. The molecule has 0 aliphatic rings. The predicted octanol–water partition coefficient (Wildman–Crippen LogP) is 0.0526. The highest BCUT2D eigenvalue weighted by Crippen LogP contribution is 2.33. The van der Waals surface area contributed by atoms with Gasteiger partial charge in [-0.1, -0.05) is 20.8 Å². The van der Waals surface area contributed by atoms with Crippen LogP contribution < -0.4 is 0 Å². The molecule has 124 valence electrons. The number of nitrogens with zero attached hydrogens (tertiary/aromatic N) is 4. The lowest BCUT2D eigenvalue weighted by Crippen LogP contribution is -2.37. The van der Waals surface area contributed by atoms with Crippen molar-refractivity contribution in [1.82, 2.24) is 14.7 Å². The van der Waals surface area contributed by atoms with Gasteiger partial charge in [0.25, 0.3) is 5.91 Å². The largest absolute Gasteiger partial charge is 0.395 e. The van der Waals surface area contributed by atoms with E-state index in [4.69, 9.17) is 10.2 Å². The third-order valence-corrected chi connectivity index (χ3v) is 3.14. The van der Waals surface area contributed by atoms with Crippen molar-refractivity contribution in [3.8, 4) is 0 Å². The molecule has 1 aromatic rings. The molecule has 0 saturated heterocycles. The number of aromatic nitrogens is 2. The van der Waals surface area contributed by atoms with Crippen molar-refractivity contribution in [3.63, 3.8) is 0 Å². The molecule has 2 N–H and O–H groups in total. The molecule has 0 radical (unpaired) electrons. The first-order valence-corrected chi connectivity index (χ1v) is 6.88. The summed E-state index contributed by atoms with van der Waals surface area (Å²) in [6, 6.07) is 0. The molecule has 0 aliphatic carbocycles. The second kappa shape index (κ2) is 6.84. The number of hydrogen-bond donors (Lipinski definition) is 2. The number of hydrogen-bond acceptors (Lipinski definition) is 6. The topological polar surface area (TPSA) is 122 Å². The zero-order chi connectivity index (χ0) is 17.1. The van der Waals surface area contributed by atoms with Gasteiger partial charge in [0.05, 0.1) is 18.1 Å². The first kappa shape index (κ1) is 18.1. The summed E-state index contributed by atoms with van der Waals surface area (Å²) in [4.78, 5) is 24.5. The zero-order valence-corrected chi connectivity index (χ0v) is 13.2. The van der Waals surface area contributed by atoms with Gasteiger partial charge >= 0.3 is 5.69 Å². The summed E-state index contributed by atoms with van der Waals surface area (Å²) in [7, 11) is 1.46. The van der Waals surface area contributed by atoms with Gasteiger partial charge in [0.2, 0.25) is 5.69 Å². The summed E-state index contributed by atoms with van der Waals surface area (Å²) in [6.45, 7) is 4.67. The van der Waals surface area contributed by atoms with Gasteiger partial charge in [-0.05, 0) is 0 Å². The van der Waals surface area contributed by atoms with Crippen molar-refractivity contribution in [3.05, 3.63) is 21.5 Å². The number of nitro groups is 1. The van der Waals surface area contributed by atoms with Gasteiger partial charge < -0.3 is 15.1 Å². The first-order chi connectivity index (χ1) is 10.1. The van der Waals surface area contributed by atoms with Gasteiger partial charge in [-0.3, -0.25) is 19.6 Å². The molecule has 1 aromatic heterocycles. The third-order valence-electron chi connectivity index (χ3n) is 3.14. The highest BCUT2D eigenvalue weighted by atomic mass is 16.6. The van der Waals surface area contributed by atoms with E-state index in [9.17, 15) is 14.9 Å². The molecule has 9 nitrogen and oxygen atoms in total. The smallest absolute Gasteiger partial charge is 0.323 e. The molecule has 1 amide bonds. The Morgan fingerprint density at radius 2 is 1.82 bits per heavy atom. The maximum atomic E-state index is 12.5. The monoisotopic (exact) mass is 314 g/mol. The van der Waals surface area contributed by atoms with Crippen molar-refractivity contribution in [2.75, 3.05) is 26.3 Å². The summed E-state index contributed by atoms with van der Waals surface area (Å²) in [5.74, 6) is -0.639. The lowest BCUT2D eigenvalue weighted by Gasteiger charge is -2.20. The quantitative estimate of drug-likeness (QED) is 0.565. The van der Waals surface area contributed by atoms with Crippen molar-refractivity contribution in [1.29, 1.82) is 0 Å². The normalized spacial score (nSPS) is 11.5. The maximum Gasteiger partial charge on any atom is 0.323 e. The molecule has 0 fully saturated rings. The summed E-state index contributed by atoms with van der Waals surface area (Å²) in [5.41, 5.74) is -0.869. The summed E-state index contributed by atoms with van der Waals surface area (Å²) >= 11 is 0. The Morgan fingerprint density at radius 3 is 2.18 bits per heavy atom. The highest BCUT2D eigenvalue weighted by molar-refractivity contribution is 5.97. The number of amides is 1. The number of aliphatic hydroxyl groups excluding tert-OH is 2. The van der Waals surface area contributed by atoms with Crippen molar-refractivity contribution < 1.29 is 19.9 Å². The van der Waals surface area contributed by atoms with Crippen molar-refractivity contribution in [2.45, 2.75) is 26.2 Å². The maximum absolute atomic E-state index is 12.5. The van der Waals surface area contributed by atoms with Crippen LogP contribution in [0, 0.1) is 10.1 Å². The minimum atomic E-state index is -0.639. The molecule has 0 aliphatic heterocycles. The average Bonchev–Trinajstić information content (AvgIpc) is 2.75. The molecule has 0 spiro atoms. The van der Waals surface area contributed by atoms with E-state index in [-0.39, 0.29) is 43.4 Å². The minimum Gasteiger partial charge on any atom is -0.395 e. The van der Waals surface area contributed by atoms with Crippen molar-refractivity contribution in [2.24, 2.45) is 7.05 Å². The van der Waals surface area contributed by atoms with E-state index >= 15 is 0 Å². The standard InChI is InChI=1S/C13H22N4O5/c1-13(2,3)11-9(17(21)22)10(15(4)14-11)12(20)16(5-7-18)6-8-19/h18-19H,5-8H2,1-4H3. The number of carbonyl (C=O) groups excluding carboxylic acids is 1. The Hall–Kier alpha value is -2.00. The van der Waals surface area contributed by atoms with Crippen LogP contribution in [0.1, 0.15) is 37.0 Å². The Balaban J connectivity index is 3.43. The first-order valence-electron chi connectivity index (χ1n) is 6.88. The van der Waals surface area contributed by atoms with Crippen LogP contribution in [-0.2, 0) is 12.5 Å². The average molecular weight is 314 g/mol. The molecule has 1 heterocycles. The Labute approximate surface area is 128 Å². The van der Waals surface area contributed by atoms with E-state index in [1.807, 2.05) is 0 Å². The highest BCUT2D eigenvalue weighted by Gasteiger charge is 2.38. The number of rotatable bonds is 6. The molecule has 0 saturated carbocycles. The summed E-state index contributed by atoms with van der Waals surface area (Å²) in [6.07, 6.45) is 0. The van der Waals surface area contributed by atoms with Gasteiger partial charge in [-0.25, -0.2) is 0 Å². The van der Waals surface area contributed by atoms with Crippen LogP contribution in [0.2, 0.25) is 0 Å². The second-order valence-electron chi connectivity index (χ2n) is 5.92. The van der Waals surface area contributed by atoms with Crippen LogP contribution in [-0.4, -0.2) is 62.0 Å². The number of aliphatic hydroxyl groups is 2. The lowest BCUT2D eigenvalue weighted by molar-refractivity contribution is -0.386.